The van der Waals surface area contributed by atoms with Crippen LogP contribution in [0.5, 0.6) is 0 Å². The van der Waals surface area contributed by atoms with E-state index < -0.39 is 24.5 Å². The number of likely N-dealkylation sites (N-methyl/N-ethyl adjacent to an activating group) is 1. The normalized spacial score (nSPS) is 14.7. The molecule has 0 radical (unpaired) electrons. The monoisotopic (exact) mass is 688 g/mol. The standard InChI is InChI=1S/C41H60N2O3SSi/c1-30(2)27-31(37(44)43-36(38(45)42-9)39(3,4)5)28-35(46-48(10,11)40(6,7)8)29-47-41(32-21-15-12-16-22-32,33-23-17-13-18-24-33)34-25-19-14-20-26-34/h12-26,30-31,35-36H,27-29H2,1-11H3,(H,42,45)(H,43,44)/t31-,35-,36-/m1/s1. The molecule has 3 atom stereocenters. The van der Waals surface area contributed by atoms with E-state index in [1.807, 2.05) is 32.5 Å². The van der Waals surface area contributed by atoms with Crippen molar-refractivity contribution in [1.82, 2.24) is 10.6 Å². The number of amides is 2. The van der Waals surface area contributed by atoms with E-state index in [4.69, 9.17) is 4.43 Å². The molecule has 262 valence electrons. The van der Waals surface area contributed by atoms with E-state index in [0.29, 0.717) is 24.5 Å². The number of nitrogens with one attached hydrogen (secondary N) is 2. The van der Waals surface area contributed by atoms with Crippen LogP contribution in [0.3, 0.4) is 0 Å². The number of carbonyl (C=O) groups is 2. The summed E-state index contributed by atoms with van der Waals surface area (Å²) >= 11 is 1.89. The van der Waals surface area contributed by atoms with Crippen LogP contribution >= 0.6 is 11.8 Å². The molecule has 0 bridgehead atoms. The molecule has 0 spiro atoms. The summed E-state index contributed by atoms with van der Waals surface area (Å²) < 4.78 is 6.77. The van der Waals surface area contributed by atoms with Gasteiger partial charge >= 0.3 is 0 Å². The van der Waals surface area contributed by atoms with Gasteiger partial charge in [-0.15, -0.1) is 11.8 Å². The molecule has 0 unspecified atom stereocenters. The molecule has 3 rings (SSSR count). The van der Waals surface area contributed by atoms with Crippen molar-refractivity contribution in [2.24, 2.45) is 17.3 Å². The molecule has 3 aromatic rings. The van der Waals surface area contributed by atoms with Gasteiger partial charge in [0.1, 0.15) is 6.04 Å². The van der Waals surface area contributed by atoms with Crippen LogP contribution in [-0.2, 0) is 18.8 Å². The van der Waals surface area contributed by atoms with Crippen molar-refractivity contribution in [2.45, 2.75) is 103 Å². The largest absolute Gasteiger partial charge is 0.413 e. The lowest BCUT2D eigenvalue weighted by atomic mass is 9.84. The van der Waals surface area contributed by atoms with Crippen molar-refractivity contribution in [1.29, 1.82) is 0 Å². The molecule has 5 nitrogen and oxygen atoms in total. The van der Waals surface area contributed by atoms with Gasteiger partial charge in [0.25, 0.3) is 0 Å². The van der Waals surface area contributed by atoms with Gasteiger partial charge < -0.3 is 15.1 Å². The predicted molar refractivity (Wildman–Crippen MR) is 207 cm³/mol. The summed E-state index contributed by atoms with van der Waals surface area (Å²) in [5, 5.41) is 5.91. The smallest absolute Gasteiger partial charge is 0.242 e. The second-order valence-corrected chi connectivity index (χ2v) is 22.1. The Hall–Kier alpha value is -2.87. The van der Waals surface area contributed by atoms with Crippen LogP contribution in [0, 0.1) is 17.3 Å². The lowest BCUT2D eigenvalue weighted by Crippen LogP contribution is -2.54. The van der Waals surface area contributed by atoms with E-state index in [9.17, 15) is 9.59 Å². The number of hydrogen-bond acceptors (Lipinski definition) is 4. The van der Waals surface area contributed by atoms with Gasteiger partial charge in [-0.2, -0.15) is 0 Å². The van der Waals surface area contributed by atoms with Gasteiger partial charge in [0.2, 0.25) is 11.8 Å². The number of rotatable bonds is 15. The van der Waals surface area contributed by atoms with Crippen LogP contribution in [0.1, 0.15) is 84.9 Å². The molecule has 0 saturated heterocycles. The zero-order valence-electron chi connectivity index (χ0n) is 31.2. The molecule has 0 aliphatic heterocycles. The molecule has 0 heterocycles. The second kappa shape index (κ2) is 16.7. The molecule has 2 N–H and O–H groups in total. The maximum absolute atomic E-state index is 14.2. The van der Waals surface area contributed by atoms with Crippen LogP contribution in [-0.4, -0.2) is 45.1 Å². The summed E-state index contributed by atoms with van der Waals surface area (Å²) in [5.41, 5.74) is 3.17. The Labute approximate surface area is 296 Å². The number of thioether (sulfide) groups is 1. The SMILES string of the molecule is CNC(=O)[C@@H](NC(=O)[C@H](CC(C)C)C[C@H](CSC(c1ccccc1)(c1ccccc1)c1ccccc1)O[Si](C)(C)C(C)(C)C)C(C)(C)C. The van der Waals surface area contributed by atoms with E-state index in [2.05, 4.69) is 149 Å². The average molecular weight is 689 g/mol. The molecular formula is C41H60N2O3SSi. The van der Waals surface area contributed by atoms with Crippen molar-refractivity contribution in [2.75, 3.05) is 12.8 Å². The van der Waals surface area contributed by atoms with Crippen LogP contribution in [0.4, 0.5) is 0 Å². The van der Waals surface area contributed by atoms with Gasteiger partial charge in [-0.1, -0.05) is 146 Å². The van der Waals surface area contributed by atoms with E-state index in [1.54, 1.807) is 7.05 Å². The van der Waals surface area contributed by atoms with E-state index in [1.165, 1.54) is 16.7 Å². The van der Waals surface area contributed by atoms with Gasteiger partial charge in [0, 0.05) is 18.7 Å². The highest BCUT2D eigenvalue weighted by Crippen LogP contribution is 2.49. The molecule has 7 heteroatoms. The predicted octanol–water partition coefficient (Wildman–Crippen LogP) is 9.43. The third-order valence-corrected chi connectivity index (χ3v) is 15.8. The summed E-state index contributed by atoms with van der Waals surface area (Å²) in [6.45, 7) is 21.7. The molecule has 0 saturated carbocycles. The molecule has 0 aliphatic rings. The minimum Gasteiger partial charge on any atom is -0.413 e. The lowest BCUT2D eigenvalue weighted by molar-refractivity contribution is -0.134. The quantitative estimate of drug-likeness (QED) is 0.123. The van der Waals surface area contributed by atoms with Crippen LogP contribution < -0.4 is 10.6 Å². The number of hydrogen-bond donors (Lipinski definition) is 2. The van der Waals surface area contributed by atoms with Crippen LogP contribution in [0.15, 0.2) is 91.0 Å². The molecule has 0 aliphatic carbocycles. The van der Waals surface area contributed by atoms with E-state index >= 15 is 0 Å². The van der Waals surface area contributed by atoms with Gasteiger partial charge in [0.15, 0.2) is 8.32 Å². The van der Waals surface area contributed by atoms with Crippen molar-refractivity contribution in [3.63, 3.8) is 0 Å². The first kappa shape index (κ1) is 39.6. The zero-order chi connectivity index (χ0) is 35.8. The molecule has 0 fully saturated rings. The van der Waals surface area contributed by atoms with Crippen LogP contribution in [0.25, 0.3) is 0 Å². The Bertz CT molecular complexity index is 1340. The highest BCUT2D eigenvalue weighted by Gasteiger charge is 2.43. The first-order valence-electron chi connectivity index (χ1n) is 17.4. The van der Waals surface area contributed by atoms with Gasteiger partial charge in [-0.05, 0) is 59.0 Å². The third-order valence-electron chi connectivity index (χ3n) is 9.63. The van der Waals surface area contributed by atoms with Crippen LogP contribution in [0.2, 0.25) is 18.1 Å². The molecule has 0 aromatic heterocycles. The number of benzene rings is 3. The fraction of sp³-hybridized carbons (Fsp3) is 0.512. The highest BCUT2D eigenvalue weighted by molar-refractivity contribution is 8.00. The van der Waals surface area contributed by atoms with E-state index in [0.717, 1.165) is 0 Å². The number of carbonyl (C=O) groups excluding carboxylic acids is 2. The fourth-order valence-electron chi connectivity index (χ4n) is 6.01. The maximum atomic E-state index is 14.2. The van der Waals surface area contributed by atoms with Gasteiger partial charge in [-0.3, -0.25) is 9.59 Å². The first-order chi connectivity index (χ1) is 22.4. The zero-order valence-corrected chi connectivity index (χ0v) is 33.0. The Morgan fingerprint density at radius 3 is 1.52 bits per heavy atom. The lowest BCUT2D eigenvalue weighted by Gasteiger charge is -2.42. The Balaban J connectivity index is 2.12. The average Bonchev–Trinajstić information content (AvgIpc) is 3.03. The first-order valence-corrected chi connectivity index (χ1v) is 21.3. The summed E-state index contributed by atoms with van der Waals surface area (Å²) in [6, 6.07) is 31.6. The third kappa shape index (κ3) is 10.1. The fourth-order valence-corrected chi connectivity index (χ4v) is 9.04. The van der Waals surface area contributed by atoms with Gasteiger partial charge in [0.05, 0.1) is 10.9 Å². The topological polar surface area (TPSA) is 67.4 Å². The second-order valence-electron chi connectivity index (χ2n) is 16.1. The summed E-state index contributed by atoms with van der Waals surface area (Å²) in [4.78, 5) is 27.1. The minimum absolute atomic E-state index is 0.00234. The van der Waals surface area contributed by atoms with Crippen molar-refractivity contribution in [3.8, 4) is 0 Å². The van der Waals surface area contributed by atoms with E-state index in [-0.39, 0.29) is 28.9 Å². The van der Waals surface area contributed by atoms with Crippen molar-refractivity contribution < 1.29 is 14.0 Å². The molecule has 2 amide bonds. The minimum atomic E-state index is -2.24. The summed E-state index contributed by atoms with van der Waals surface area (Å²) in [6.07, 6.45) is 1.09. The maximum Gasteiger partial charge on any atom is 0.242 e. The van der Waals surface area contributed by atoms with Crippen molar-refractivity contribution in [3.05, 3.63) is 108 Å². The molecule has 3 aromatic carbocycles. The Kier molecular flexibility index (Phi) is 13.8. The Morgan fingerprint density at radius 1 is 0.729 bits per heavy atom. The highest BCUT2D eigenvalue weighted by atomic mass is 32.2. The molecular weight excluding hydrogens is 629 g/mol. The molecule has 48 heavy (non-hydrogen) atoms. The summed E-state index contributed by atoms with van der Waals surface area (Å²) in [7, 11) is -0.616. The Morgan fingerprint density at radius 2 is 1.17 bits per heavy atom. The summed E-state index contributed by atoms with van der Waals surface area (Å²) in [5.74, 6) is 0.413. The van der Waals surface area contributed by atoms with Gasteiger partial charge in [-0.25, -0.2) is 0 Å². The van der Waals surface area contributed by atoms with Crippen molar-refractivity contribution >= 4 is 31.9 Å².